The van der Waals surface area contributed by atoms with E-state index in [0.29, 0.717) is 16.7 Å². The van der Waals surface area contributed by atoms with E-state index < -0.39 is 10.0 Å². The van der Waals surface area contributed by atoms with Crippen LogP contribution in [0.25, 0.3) is 0 Å². The van der Waals surface area contributed by atoms with Gasteiger partial charge >= 0.3 is 0 Å². The van der Waals surface area contributed by atoms with E-state index in [2.05, 4.69) is 17.0 Å². The van der Waals surface area contributed by atoms with Crippen molar-refractivity contribution < 1.29 is 8.42 Å². The molecular weight excluding hydrogens is 256 g/mol. The van der Waals surface area contributed by atoms with E-state index in [1.807, 2.05) is 13.1 Å². The molecule has 0 aliphatic heterocycles. The number of thiophene rings is 1. The van der Waals surface area contributed by atoms with Gasteiger partial charge in [0.2, 0.25) is 10.0 Å². The summed E-state index contributed by atoms with van der Waals surface area (Å²) in [6, 6.07) is 3.67. The van der Waals surface area contributed by atoms with E-state index in [1.54, 1.807) is 6.07 Å². The fourth-order valence-corrected chi connectivity index (χ4v) is 4.69. The van der Waals surface area contributed by atoms with E-state index in [4.69, 9.17) is 0 Å². The Kier molecular flexibility index (Phi) is 3.87. The fraction of sp³-hybridized carbons (Fsp3) is 0.636. The van der Waals surface area contributed by atoms with Crippen molar-refractivity contribution in [3.63, 3.8) is 0 Å². The van der Waals surface area contributed by atoms with Crippen LogP contribution in [0.1, 0.15) is 24.6 Å². The van der Waals surface area contributed by atoms with Crippen molar-refractivity contribution >= 4 is 21.4 Å². The highest BCUT2D eigenvalue weighted by atomic mass is 32.2. The summed E-state index contributed by atoms with van der Waals surface area (Å²) in [5.41, 5.74) is 0. The number of rotatable bonds is 5. The zero-order valence-corrected chi connectivity index (χ0v) is 11.7. The Hall–Kier alpha value is -0.430. The van der Waals surface area contributed by atoms with E-state index >= 15 is 0 Å². The van der Waals surface area contributed by atoms with Crippen LogP contribution in [0, 0.1) is 5.92 Å². The highest BCUT2D eigenvalue weighted by molar-refractivity contribution is 7.91. The maximum Gasteiger partial charge on any atom is 0.250 e. The highest BCUT2D eigenvalue weighted by Gasteiger charge is 2.30. The van der Waals surface area contributed by atoms with Gasteiger partial charge in [0.25, 0.3) is 0 Å². The molecule has 0 amide bonds. The van der Waals surface area contributed by atoms with Gasteiger partial charge < -0.3 is 5.32 Å². The van der Waals surface area contributed by atoms with Crippen molar-refractivity contribution in [2.24, 2.45) is 5.92 Å². The van der Waals surface area contributed by atoms with Crippen molar-refractivity contribution in [1.82, 2.24) is 10.0 Å². The summed E-state index contributed by atoms with van der Waals surface area (Å²) >= 11 is 1.33. The molecule has 1 saturated carbocycles. The number of hydrogen-bond acceptors (Lipinski definition) is 4. The molecular formula is C11H18N2O2S2. The standard InChI is InChI=1S/C11H18N2O2S2/c1-8-5-9(6-8)13-17(14,15)11-4-3-10(16-11)7-12-2/h3-4,8-9,12-13H,5-7H2,1-2H3. The molecule has 1 aliphatic rings. The average molecular weight is 274 g/mol. The molecule has 2 N–H and O–H groups in total. The van der Waals surface area contributed by atoms with Gasteiger partial charge in [-0.2, -0.15) is 0 Å². The van der Waals surface area contributed by atoms with Gasteiger partial charge in [0.05, 0.1) is 0 Å². The normalized spacial score (nSPS) is 24.6. The average Bonchev–Trinajstić information content (AvgIpc) is 2.65. The van der Waals surface area contributed by atoms with E-state index in [-0.39, 0.29) is 6.04 Å². The lowest BCUT2D eigenvalue weighted by atomic mass is 9.83. The van der Waals surface area contributed by atoms with Crippen molar-refractivity contribution in [3.8, 4) is 0 Å². The van der Waals surface area contributed by atoms with Gasteiger partial charge in [0.1, 0.15) is 4.21 Å². The van der Waals surface area contributed by atoms with Crippen molar-refractivity contribution in [2.75, 3.05) is 7.05 Å². The third-order valence-corrected chi connectivity index (χ3v) is 6.05. The molecule has 0 atom stereocenters. The molecule has 0 spiro atoms. The van der Waals surface area contributed by atoms with Crippen LogP contribution in [0.5, 0.6) is 0 Å². The lowest BCUT2D eigenvalue weighted by molar-refractivity contribution is 0.270. The van der Waals surface area contributed by atoms with Gasteiger partial charge in [-0.15, -0.1) is 11.3 Å². The molecule has 1 aromatic heterocycles. The molecule has 6 heteroatoms. The zero-order valence-electron chi connectivity index (χ0n) is 10.1. The predicted octanol–water partition coefficient (Wildman–Crippen LogP) is 1.54. The Balaban J connectivity index is 2.03. The van der Waals surface area contributed by atoms with Crippen LogP contribution in [0.3, 0.4) is 0 Å². The van der Waals surface area contributed by atoms with Gasteiger partial charge in [-0.25, -0.2) is 13.1 Å². The maximum absolute atomic E-state index is 12.0. The molecule has 1 heterocycles. The van der Waals surface area contributed by atoms with Gasteiger partial charge in [-0.1, -0.05) is 6.92 Å². The third-order valence-electron chi connectivity index (χ3n) is 2.95. The Bertz CT molecular complexity index is 475. The van der Waals surface area contributed by atoms with Gasteiger partial charge in [0.15, 0.2) is 0 Å². The van der Waals surface area contributed by atoms with Crippen LogP contribution in [-0.2, 0) is 16.6 Å². The molecule has 0 radical (unpaired) electrons. The second kappa shape index (κ2) is 5.06. The predicted molar refractivity (Wildman–Crippen MR) is 69.6 cm³/mol. The lowest BCUT2D eigenvalue weighted by Gasteiger charge is -2.32. The first-order valence-electron chi connectivity index (χ1n) is 5.77. The molecule has 0 unspecified atom stereocenters. The fourth-order valence-electron chi connectivity index (χ4n) is 2.05. The van der Waals surface area contributed by atoms with Gasteiger partial charge in [-0.3, -0.25) is 0 Å². The summed E-state index contributed by atoms with van der Waals surface area (Å²) in [6.07, 6.45) is 1.90. The first-order chi connectivity index (χ1) is 8.01. The van der Waals surface area contributed by atoms with Crippen molar-refractivity contribution in [3.05, 3.63) is 17.0 Å². The van der Waals surface area contributed by atoms with Crippen molar-refractivity contribution in [1.29, 1.82) is 0 Å². The van der Waals surface area contributed by atoms with E-state index in [9.17, 15) is 8.42 Å². The number of hydrogen-bond donors (Lipinski definition) is 2. The van der Waals surface area contributed by atoms with Crippen LogP contribution >= 0.6 is 11.3 Å². The number of nitrogens with one attached hydrogen (secondary N) is 2. The monoisotopic (exact) mass is 274 g/mol. The van der Waals surface area contributed by atoms with E-state index in [1.165, 1.54) is 11.3 Å². The van der Waals surface area contributed by atoms with E-state index in [0.717, 1.165) is 17.7 Å². The smallest absolute Gasteiger partial charge is 0.250 e. The van der Waals surface area contributed by atoms with Crippen LogP contribution in [0.4, 0.5) is 0 Å². The molecule has 1 fully saturated rings. The molecule has 0 bridgehead atoms. The van der Waals surface area contributed by atoms with Crippen molar-refractivity contribution in [2.45, 2.75) is 36.6 Å². The second-order valence-corrected chi connectivity index (χ2v) is 7.76. The molecule has 17 heavy (non-hydrogen) atoms. The molecule has 1 aliphatic carbocycles. The Morgan fingerprint density at radius 1 is 1.41 bits per heavy atom. The summed E-state index contributed by atoms with van der Waals surface area (Å²) in [5.74, 6) is 0.644. The quantitative estimate of drug-likeness (QED) is 0.856. The Labute approximate surface area is 106 Å². The molecule has 96 valence electrons. The summed E-state index contributed by atoms with van der Waals surface area (Å²) in [5, 5.41) is 3.01. The van der Waals surface area contributed by atoms with Crippen LogP contribution < -0.4 is 10.0 Å². The SMILES string of the molecule is CNCc1ccc(S(=O)(=O)NC2CC(C)C2)s1. The molecule has 1 aromatic rings. The maximum atomic E-state index is 12.0. The zero-order chi connectivity index (χ0) is 12.5. The Morgan fingerprint density at radius 2 is 2.12 bits per heavy atom. The molecule has 2 rings (SSSR count). The molecule has 0 aromatic carbocycles. The minimum atomic E-state index is -3.30. The largest absolute Gasteiger partial charge is 0.315 e. The lowest BCUT2D eigenvalue weighted by Crippen LogP contribution is -2.43. The first kappa shape index (κ1) is 13.0. The Morgan fingerprint density at radius 3 is 2.71 bits per heavy atom. The first-order valence-corrected chi connectivity index (χ1v) is 8.07. The van der Waals surface area contributed by atoms with Crippen LogP contribution in [0.2, 0.25) is 0 Å². The van der Waals surface area contributed by atoms with Crippen LogP contribution in [-0.4, -0.2) is 21.5 Å². The summed E-state index contributed by atoms with van der Waals surface area (Å²) in [7, 11) is -1.45. The van der Waals surface area contributed by atoms with Crippen LogP contribution in [0.15, 0.2) is 16.3 Å². The minimum absolute atomic E-state index is 0.129. The highest BCUT2D eigenvalue weighted by Crippen LogP contribution is 2.29. The second-order valence-electron chi connectivity index (χ2n) is 4.65. The molecule has 0 saturated heterocycles. The topological polar surface area (TPSA) is 58.2 Å². The minimum Gasteiger partial charge on any atom is -0.315 e. The summed E-state index contributed by atoms with van der Waals surface area (Å²) < 4.78 is 27.3. The summed E-state index contributed by atoms with van der Waals surface area (Å²) in [6.45, 7) is 2.85. The summed E-state index contributed by atoms with van der Waals surface area (Å²) in [4.78, 5) is 1.04. The van der Waals surface area contributed by atoms with Gasteiger partial charge in [0, 0.05) is 17.5 Å². The third kappa shape index (κ3) is 3.07. The molecule has 4 nitrogen and oxygen atoms in total. The van der Waals surface area contributed by atoms with Gasteiger partial charge in [-0.05, 0) is 37.9 Å². The number of sulfonamides is 1.